The fourth-order valence-corrected chi connectivity index (χ4v) is 3.22. The molecule has 2 rings (SSSR count). The molecule has 3 nitrogen and oxygen atoms in total. The molecule has 140 valence electrons. The van der Waals surface area contributed by atoms with Gasteiger partial charge in [0.1, 0.15) is 0 Å². The van der Waals surface area contributed by atoms with Crippen LogP contribution in [0.15, 0.2) is 42.5 Å². The second kappa shape index (κ2) is 9.00. The Morgan fingerprint density at radius 2 is 1.42 bits per heavy atom. The molecule has 2 aromatic carbocycles. The van der Waals surface area contributed by atoms with Crippen LogP contribution in [0.4, 0.5) is 5.69 Å². The number of nitrogens with one attached hydrogen (secondary N) is 2. The molecule has 0 radical (unpaired) electrons. The number of benzene rings is 2. The van der Waals surface area contributed by atoms with Crippen LogP contribution in [0.3, 0.4) is 0 Å². The molecule has 0 fully saturated rings. The van der Waals surface area contributed by atoms with Crippen molar-refractivity contribution in [2.24, 2.45) is 5.92 Å². The Bertz CT molecular complexity index is 712. The van der Waals surface area contributed by atoms with Crippen molar-refractivity contribution in [1.29, 1.82) is 0 Å². The van der Waals surface area contributed by atoms with E-state index < -0.39 is 0 Å². The van der Waals surface area contributed by atoms with Gasteiger partial charge in [0.05, 0.1) is 6.54 Å². The van der Waals surface area contributed by atoms with Crippen molar-refractivity contribution in [1.82, 2.24) is 5.32 Å². The maximum atomic E-state index is 12.4. The van der Waals surface area contributed by atoms with Gasteiger partial charge in [0, 0.05) is 11.7 Å². The van der Waals surface area contributed by atoms with Gasteiger partial charge in [-0.05, 0) is 47.9 Å². The second-order valence-electron chi connectivity index (χ2n) is 7.74. The predicted octanol–water partition coefficient (Wildman–Crippen LogP) is 5.35. The molecular weight excluding hydrogens is 320 g/mol. The van der Waals surface area contributed by atoms with E-state index in [2.05, 4.69) is 62.6 Å². The monoisotopic (exact) mass is 352 g/mol. The minimum Gasteiger partial charge on any atom is -0.324 e. The summed E-state index contributed by atoms with van der Waals surface area (Å²) in [6.07, 6.45) is 0. The first kappa shape index (κ1) is 20.2. The first-order valence-corrected chi connectivity index (χ1v) is 9.49. The van der Waals surface area contributed by atoms with Crippen LogP contribution in [0.5, 0.6) is 0 Å². The minimum atomic E-state index is -0.00755. The standard InChI is InChI=1S/C23H32N2O/c1-15(2)19-10-12-20(13-11-19)22(16(3)4)24-14-21(26)25-23-17(5)8-7-9-18(23)6/h7-13,15-16,22,24H,14H2,1-6H3,(H,25,26)/t22-/m0/s1. The summed E-state index contributed by atoms with van der Waals surface area (Å²) in [6.45, 7) is 13.1. The second-order valence-corrected chi connectivity index (χ2v) is 7.74. The molecule has 2 N–H and O–H groups in total. The third-order valence-corrected chi connectivity index (χ3v) is 4.86. The van der Waals surface area contributed by atoms with Gasteiger partial charge in [-0.1, -0.05) is 70.2 Å². The smallest absolute Gasteiger partial charge is 0.238 e. The van der Waals surface area contributed by atoms with E-state index in [1.807, 2.05) is 32.0 Å². The number of amides is 1. The molecule has 0 unspecified atom stereocenters. The zero-order chi connectivity index (χ0) is 19.3. The molecule has 0 saturated carbocycles. The lowest BCUT2D eigenvalue weighted by Gasteiger charge is -2.23. The zero-order valence-corrected chi connectivity index (χ0v) is 16.9. The van der Waals surface area contributed by atoms with Crippen molar-refractivity contribution in [3.63, 3.8) is 0 Å². The Balaban J connectivity index is 2.03. The van der Waals surface area contributed by atoms with E-state index in [-0.39, 0.29) is 11.9 Å². The Hall–Kier alpha value is -2.13. The SMILES string of the molecule is Cc1cccc(C)c1NC(=O)CN[C@H](c1ccc(C(C)C)cc1)C(C)C. The molecule has 0 aliphatic carbocycles. The molecule has 2 aromatic rings. The predicted molar refractivity (Wildman–Crippen MR) is 111 cm³/mol. The van der Waals surface area contributed by atoms with Crippen molar-refractivity contribution in [3.05, 3.63) is 64.7 Å². The van der Waals surface area contributed by atoms with Crippen molar-refractivity contribution in [2.75, 3.05) is 11.9 Å². The van der Waals surface area contributed by atoms with Crippen LogP contribution < -0.4 is 10.6 Å². The normalized spacial score (nSPS) is 12.5. The van der Waals surface area contributed by atoms with E-state index in [4.69, 9.17) is 0 Å². The summed E-state index contributed by atoms with van der Waals surface area (Å²) >= 11 is 0. The van der Waals surface area contributed by atoms with Gasteiger partial charge in [-0.15, -0.1) is 0 Å². The maximum absolute atomic E-state index is 12.4. The number of aryl methyl sites for hydroxylation is 2. The van der Waals surface area contributed by atoms with Crippen molar-refractivity contribution in [2.45, 2.75) is 53.5 Å². The van der Waals surface area contributed by atoms with E-state index in [1.165, 1.54) is 11.1 Å². The summed E-state index contributed by atoms with van der Waals surface area (Å²) in [5, 5.41) is 6.48. The van der Waals surface area contributed by atoms with Crippen LogP contribution in [0, 0.1) is 19.8 Å². The van der Waals surface area contributed by atoms with Crippen molar-refractivity contribution >= 4 is 11.6 Å². The molecule has 0 aliphatic heterocycles. The number of hydrogen-bond acceptors (Lipinski definition) is 2. The highest BCUT2D eigenvalue weighted by Crippen LogP contribution is 2.24. The average molecular weight is 353 g/mol. The molecule has 1 atom stereocenters. The first-order chi connectivity index (χ1) is 12.3. The van der Waals surface area contributed by atoms with Gasteiger partial charge in [-0.25, -0.2) is 0 Å². The van der Waals surface area contributed by atoms with Crippen LogP contribution in [0.2, 0.25) is 0 Å². The van der Waals surface area contributed by atoms with Gasteiger partial charge >= 0.3 is 0 Å². The van der Waals surface area contributed by atoms with Gasteiger partial charge in [0.2, 0.25) is 5.91 Å². The largest absolute Gasteiger partial charge is 0.324 e. The molecule has 26 heavy (non-hydrogen) atoms. The Kier molecular flexibility index (Phi) is 6.98. The van der Waals surface area contributed by atoms with Crippen LogP contribution in [-0.4, -0.2) is 12.5 Å². The topological polar surface area (TPSA) is 41.1 Å². The molecule has 3 heteroatoms. The summed E-state index contributed by atoms with van der Waals surface area (Å²) < 4.78 is 0. The summed E-state index contributed by atoms with van der Waals surface area (Å²) in [7, 11) is 0. The lowest BCUT2D eigenvalue weighted by molar-refractivity contribution is -0.115. The molecule has 0 saturated heterocycles. The Morgan fingerprint density at radius 1 is 0.885 bits per heavy atom. The molecule has 1 amide bonds. The van der Waals surface area contributed by atoms with Gasteiger partial charge < -0.3 is 10.6 Å². The van der Waals surface area contributed by atoms with Crippen molar-refractivity contribution < 1.29 is 4.79 Å². The van der Waals surface area contributed by atoms with E-state index in [9.17, 15) is 4.79 Å². The number of anilines is 1. The third kappa shape index (κ3) is 5.18. The van der Waals surface area contributed by atoms with Gasteiger partial charge in [0.25, 0.3) is 0 Å². The van der Waals surface area contributed by atoms with Crippen LogP contribution >= 0.6 is 0 Å². The van der Waals surface area contributed by atoms with Crippen LogP contribution in [0.1, 0.15) is 61.9 Å². The zero-order valence-electron chi connectivity index (χ0n) is 16.9. The Labute approximate surface area is 158 Å². The quantitative estimate of drug-likeness (QED) is 0.705. The Morgan fingerprint density at radius 3 is 1.92 bits per heavy atom. The van der Waals surface area contributed by atoms with Gasteiger partial charge in [0.15, 0.2) is 0 Å². The highest BCUT2D eigenvalue weighted by molar-refractivity contribution is 5.93. The number of carbonyl (C=O) groups is 1. The highest BCUT2D eigenvalue weighted by atomic mass is 16.1. The molecule has 0 heterocycles. The molecule has 0 bridgehead atoms. The highest BCUT2D eigenvalue weighted by Gasteiger charge is 2.17. The van der Waals surface area contributed by atoms with E-state index in [1.54, 1.807) is 0 Å². The van der Waals surface area contributed by atoms with Gasteiger partial charge in [-0.3, -0.25) is 4.79 Å². The lowest BCUT2D eigenvalue weighted by atomic mass is 9.93. The summed E-state index contributed by atoms with van der Waals surface area (Å²) in [4.78, 5) is 12.4. The van der Waals surface area contributed by atoms with E-state index in [0.29, 0.717) is 18.4 Å². The van der Waals surface area contributed by atoms with Crippen molar-refractivity contribution in [3.8, 4) is 0 Å². The number of para-hydroxylation sites is 1. The van der Waals surface area contributed by atoms with Crippen LogP contribution in [-0.2, 0) is 4.79 Å². The first-order valence-electron chi connectivity index (χ1n) is 9.49. The average Bonchev–Trinajstić information content (AvgIpc) is 2.58. The third-order valence-electron chi connectivity index (χ3n) is 4.86. The maximum Gasteiger partial charge on any atom is 0.238 e. The van der Waals surface area contributed by atoms with Crippen LogP contribution in [0.25, 0.3) is 0 Å². The van der Waals surface area contributed by atoms with E-state index >= 15 is 0 Å². The fourth-order valence-electron chi connectivity index (χ4n) is 3.22. The molecule has 0 aromatic heterocycles. The van der Waals surface area contributed by atoms with E-state index in [0.717, 1.165) is 16.8 Å². The fraction of sp³-hybridized carbons (Fsp3) is 0.435. The summed E-state index contributed by atoms with van der Waals surface area (Å²) in [6, 6.07) is 14.9. The summed E-state index contributed by atoms with van der Waals surface area (Å²) in [5.74, 6) is 0.914. The number of carbonyl (C=O) groups excluding carboxylic acids is 1. The van der Waals surface area contributed by atoms with Gasteiger partial charge in [-0.2, -0.15) is 0 Å². The molecule has 0 aliphatic rings. The summed E-state index contributed by atoms with van der Waals surface area (Å²) in [5.41, 5.74) is 5.65. The number of rotatable bonds is 7. The lowest BCUT2D eigenvalue weighted by Crippen LogP contribution is -2.34. The molecule has 0 spiro atoms. The number of hydrogen-bond donors (Lipinski definition) is 2. The molecular formula is C23H32N2O. The minimum absolute atomic E-state index is 0.00755.